The summed E-state index contributed by atoms with van der Waals surface area (Å²) in [6.07, 6.45) is 8.60. The second kappa shape index (κ2) is 8.42. The lowest BCUT2D eigenvalue weighted by Crippen LogP contribution is -1.93. The molecular weight excluding hydrogens is 499 g/mol. The van der Waals surface area contributed by atoms with Crippen LogP contribution in [-0.2, 0) is 0 Å². The first-order valence-electron chi connectivity index (χ1n) is 12.9. The van der Waals surface area contributed by atoms with Crippen molar-refractivity contribution in [3.63, 3.8) is 0 Å². The second-order valence-electron chi connectivity index (χ2n) is 9.68. The first-order chi connectivity index (χ1) is 18.8. The summed E-state index contributed by atoms with van der Waals surface area (Å²) >= 11 is 3.77. The minimum atomic E-state index is 1.20. The Bertz CT molecular complexity index is 2250. The summed E-state index contributed by atoms with van der Waals surface area (Å²) < 4.78 is 7.82. The van der Waals surface area contributed by atoms with Gasteiger partial charge in [0.25, 0.3) is 0 Å². The Balaban J connectivity index is 1.55. The second-order valence-corrected chi connectivity index (χ2v) is 11.8. The number of allylic oxidation sites excluding steroid dienone is 3. The van der Waals surface area contributed by atoms with Gasteiger partial charge in [0.15, 0.2) is 0 Å². The minimum Gasteiger partial charge on any atom is -0.309 e. The molecule has 0 spiro atoms. The zero-order chi connectivity index (χ0) is 25.2. The molecular formula is C35H23NS2. The van der Waals surface area contributed by atoms with E-state index in [2.05, 4.69) is 133 Å². The van der Waals surface area contributed by atoms with Crippen LogP contribution in [0.1, 0.15) is 12.5 Å². The molecule has 8 rings (SSSR count). The molecule has 0 saturated carbocycles. The van der Waals surface area contributed by atoms with Crippen LogP contribution in [0.3, 0.4) is 0 Å². The monoisotopic (exact) mass is 521 g/mol. The van der Waals surface area contributed by atoms with E-state index in [4.69, 9.17) is 0 Å². The van der Waals surface area contributed by atoms with Crippen LogP contribution < -0.4 is 0 Å². The van der Waals surface area contributed by atoms with Crippen LogP contribution in [0, 0.1) is 0 Å². The molecule has 0 atom stereocenters. The first-order valence-corrected chi connectivity index (χ1v) is 14.5. The standard InChI is InChI=1S/C35H23NS2/c1-2-3-4-11-22-20-29-33(34-26-14-7-10-17-31(26)38-35(22)34)25-13-5-8-15-28(25)36(29)23-18-19-32-27(21-23)24-12-6-9-16-30(24)37-32/h2-21H,1H3/b3-2-,11-4-. The Kier molecular flexibility index (Phi) is 4.84. The maximum atomic E-state index is 2.47. The lowest BCUT2D eigenvalue weighted by atomic mass is 10.0. The van der Waals surface area contributed by atoms with Crippen molar-refractivity contribution in [1.29, 1.82) is 0 Å². The fourth-order valence-corrected chi connectivity index (χ4v) is 8.19. The summed E-state index contributed by atoms with van der Waals surface area (Å²) in [5, 5.41) is 7.99. The van der Waals surface area contributed by atoms with Gasteiger partial charge >= 0.3 is 0 Å². The summed E-state index contributed by atoms with van der Waals surface area (Å²) in [5.74, 6) is 0. The highest BCUT2D eigenvalue weighted by Gasteiger charge is 2.20. The van der Waals surface area contributed by atoms with Crippen molar-refractivity contribution in [1.82, 2.24) is 4.57 Å². The molecule has 0 amide bonds. The number of rotatable bonds is 3. The molecule has 1 nitrogen and oxygen atoms in total. The number of benzene rings is 5. The van der Waals surface area contributed by atoms with E-state index in [0.717, 1.165) is 0 Å². The molecule has 0 bridgehead atoms. The van der Waals surface area contributed by atoms with Gasteiger partial charge in [-0.3, -0.25) is 0 Å². The highest BCUT2D eigenvalue weighted by molar-refractivity contribution is 7.26. The summed E-state index contributed by atoms with van der Waals surface area (Å²) in [6.45, 7) is 2.06. The number of para-hydroxylation sites is 1. The molecule has 0 aliphatic heterocycles. The Morgan fingerprint density at radius 2 is 1.29 bits per heavy atom. The molecule has 3 heterocycles. The number of nitrogens with zero attached hydrogens (tertiary/aromatic N) is 1. The van der Waals surface area contributed by atoms with Crippen LogP contribution in [0.25, 0.3) is 73.9 Å². The minimum absolute atomic E-state index is 1.20. The number of hydrogen-bond donors (Lipinski definition) is 0. The van der Waals surface area contributed by atoms with Crippen molar-refractivity contribution >= 4 is 90.9 Å². The van der Waals surface area contributed by atoms with Gasteiger partial charge in [-0.2, -0.15) is 0 Å². The quantitative estimate of drug-likeness (QED) is 0.204. The Labute approximate surface area is 228 Å². The molecule has 0 aliphatic carbocycles. The van der Waals surface area contributed by atoms with Gasteiger partial charge in [-0.25, -0.2) is 0 Å². The molecule has 0 unspecified atom stereocenters. The van der Waals surface area contributed by atoms with Crippen molar-refractivity contribution in [2.24, 2.45) is 0 Å². The van der Waals surface area contributed by atoms with Gasteiger partial charge in [-0.05, 0) is 55.0 Å². The lowest BCUT2D eigenvalue weighted by Gasteiger charge is -2.09. The number of fused-ring (bicyclic) bond motifs is 10. The molecule has 0 N–H and O–H groups in total. The maximum absolute atomic E-state index is 2.47. The van der Waals surface area contributed by atoms with Gasteiger partial charge in [0.2, 0.25) is 0 Å². The van der Waals surface area contributed by atoms with Crippen LogP contribution in [0.4, 0.5) is 0 Å². The van der Waals surface area contributed by atoms with Crippen LogP contribution in [0.2, 0.25) is 0 Å². The first kappa shape index (κ1) is 21.9. The van der Waals surface area contributed by atoms with E-state index in [1.54, 1.807) is 0 Å². The molecule has 3 aromatic heterocycles. The van der Waals surface area contributed by atoms with E-state index in [1.165, 1.54) is 73.4 Å². The summed E-state index contributed by atoms with van der Waals surface area (Å²) in [5.41, 5.74) is 4.96. The van der Waals surface area contributed by atoms with E-state index < -0.39 is 0 Å². The molecule has 3 heteroatoms. The van der Waals surface area contributed by atoms with E-state index in [1.807, 2.05) is 22.7 Å². The average molecular weight is 522 g/mol. The summed E-state index contributed by atoms with van der Waals surface area (Å²) in [7, 11) is 0. The van der Waals surface area contributed by atoms with Gasteiger partial charge in [-0.15, -0.1) is 22.7 Å². The van der Waals surface area contributed by atoms with Crippen LogP contribution in [0.5, 0.6) is 0 Å². The zero-order valence-electron chi connectivity index (χ0n) is 20.8. The van der Waals surface area contributed by atoms with Crippen molar-refractivity contribution in [3.8, 4) is 5.69 Å². The van der Waals surface area contributed by atoms with Crippen LogP contribution in [-0.4, -0.2) is 4.57 Å². The van der Waals surface area contributed by atoms with Crippen molar-refractivity contribution in [3.05, 3.63) is 121 Å². The fraction of sp³-hybridized carbons (Fsp3) is 0.0286. The molecule has 0 saturated heterocycles. The van der Waals surface area contributed by atoms with E-state index in [-0.39, 0.29) is 0 Å². The predicted octanol–water partition coefficient (Wildman–Crippen LogP) is 11.1. The van der Waals surface area contributed by atoms with Crippen LogP contribution >= 0.6 is 22.7 Å². The highest BCUT2D eigenvalue weighted by Crippen LogP contribution is 2.46. The molecule has 180 valence electrons. The highest BCUT2D eigenvalue weighted by atomic mass is 32.1. The van der Waals surface area contributed by atoms with Gasteiger partial charge in [0.05, 0.1) is 11.0 Å². The van der Waals surface area contributed by atoms with E-state index >= 15 is 0 Å². The zero-order valence-corrected chi connectivity index (χ0v) is 22.4. The van der Waals surface area contributed by atoms with Gasteiger partial charge < -0.3 is 4.57 Å². The van der Waals surface area contributed by atoms with Gasteiger partial charge in [0, 0.05) is 56.8 Å². The third-order valence-electron chi connectivity index (χ3n) is 7.51. The van der Waals surface area contributed by atoms with Crippen molar-refractivity contribution < 1.29 is 0 Å². The van der Waals surface area contributed by atoms with E-state index in [0.29, 0.717) is 0 Å². The molecule has 0 radical (unpaired) electrons. The summed E-state index contributed by atoms with van der Waals surface area (Å²) in [4.78, 5) is 0. The molecule has 0 aliphatic rings. The normalized spacial score (nSPS) is 12.7. The Hall–Kier alpha value is -4.18. The third kappa shape index (κ3) is 3.10. The lowest BCUT2D eigenvalue weighted by molar-refractivity contribution is 1.19. The smallest absolute Gasteiger partial charge is 0.0554 e. The number of aromatic nitrogens is 1. The van der Waals surface area contributed by atoms with Crippen molar-refractivity contribution in [2.45, 2.75) is 6.92 Å². The van der Waals surface area contributed by atoms with E-state index in [9.17, 15) is 0 Å². The average Bonchev–Trinajstić information content (AvgIpc) is 3.62. The molecule has 0 fully saturated rings. The van der Waals surface area contributed by atoms with Gasteiger partial charge in [-0.1, -0.05) is 78.9 Å². The van der Waals surface area contributed by atoms with Crippen molar-refractivity contribution in [2.75, 3.05) is 0 Å². The summed E-state index contributed by atoms with van der Waals surface area (Å²) in [6, 6.07) is 35.8. The topological polar surface area (TPSA) is 4.93 Å². The largest absolute Gasteiger partial charge is 0.309 e. The van der Waals surface area contributed by atoms with Gasteiger partial charge in [0.1, 0.15) is 0 Å². The maximum Gasteiger partial charge on any atom is 0.0554 e. The Morgan fingerprint density at radius 3 is 2.13 bits per heavy atom. The SMILES string of the molecule is C/C=C\C=C/c1cc2c(c3ccccc3n2-c2ccc3sc4ccccc4c3c2)c2c1sc1ccccc12. The Morgan fingerprint density at radius 1 is 0.579 bits per heavy atom. The molecule has 8 aromatic rings. The number of thiophene rings is 2. The fourth-order valence-electron chi connectivity index (χ4n) is 5.89. The molecule has 5 aromatic carbocycles. The number of hydrogen-bond acceptors (Lipinski definition) is 2. The predicted molar refractivity (Wildman–Crippen MR) is 170 cm³/mol. The third-order valence-corrected chi connectivity index (χ3v) is 9.88. The van der Waals surface area contributed by atoms with Crippen LogP contribution in [0.15, 0.2) is 115 Å². The molecule has 38 heavy (non-hydrogen) atoms.